The third kappa shape index (κ3) is 5.65. The number of nitro groups is 1. The van der Waals surface area contributed by atoms with E-state index in [0.717, 1.165) is 26.0 Å². The van der Waals surface area contributed by atoms with Gasteiger partial charge in [-0.1, -0.05) is 0 Å². The van der Waals surface area contributed by atoms with Crippen molar-refractivity contribution in [2.24, 2.45) is 0 Å². The second kappa shape index (κ2) is 9.30. The first-order chi connectivity index (χ1) is 13.0. The average molecular weight is 402 g/mol. The molecular formula is C16H14F4N4O4. The molecule has 150 valence electrons. The minimum Gasteiger partial charge on any atom is -0.396 e. The molecule has 0 fully saturated rings. The Kier molecular flexibility index (Phi) is 7.42. The van der Waals surface area contributed by atoms with Crippen molar-refractivity contribution < 1.29 is 32.1 Å². The van der Waals surface area contributed by atoms with Crippen LogP contribution in [0.4, 0.5) is 40.3 Å². The van der Waals surface area contributed by atoms with E-state index in [-0.39, 0.29) is 5.69 Å². The molecule has 0 spiro atoms. The van der Waals surface area contributed by atoms with Crippen LogP contribution in [-0.4, -0.2) is 16.7 Å². The number of carbonyl (C=O) groups is 2. The largest absolute Gasteiger partial charge is 0.396 e. The number of rotatable bonds is 3. The van der Waals surface area contributed by atoms with Crippen molar-refractivity contribution in [1.29, 1.82) is 0 Å². The summed E-state index contributed by atoms with van der Waals surface area (Å²) >= 11 is 0. The van der Waals surface area contributed by atoms with Crippen molar-refractivity contribution in [2.45, 2.75) is 13.8 Å². The number of amides is 2. The van der Waals surface area contributed by atoms with Crippen LogP contribution in [0.3, 0.4) is 0 Å². The number of nitrogen functional groups attached to an aromatic ring is 1. The molecule has 2 rings (SSSR count). The summed E-state index contributed by atoms with van der Waals surface area (Å²) in [5.74, 6) is -5.52. The molecule has 0 atom stereocenters. The van der Waals surface area contributed by atoms with E-state index < -0.39 is 57.1 Å². The lowest BCUT2D eigenvalue weighted by Gasteiger charge is -2.06. The summed E-state index contributed by atoms with van der Waals surface area (Å²) in [5.41, 5.74) is 2.76. The minimum absolute atomic E-state index is 0.204. The molecule has 4 N–H and O–H groups in total. The fourth-order valence-electron chi connectivity index (χ4n) is 1.83. The van der Waals surface area contributed by atoms with Gasteiger partial charge in [0.25, 0.3) is 0 Å². The lowest BCUT2D eigenvalue weighted by atomic mass is 10.2. The van der Waals surface area contributed by atoms with Crippen molar-refractivity contribution in [2.75, 3.05) is 16.4 Å². The maximum absolute atomic E-state index is 13.2. The molecule has 8 nitrogen and oxygen atoms in total. The molecule has 2 aromatic carbocycles. The fourth-order valence-corrected chi connectivity index (χ4v) is 1.83. The summed E-state index contributed by atoms with van der Waals surface area (Å²) in [6, 6.07) is 3.49. The van der Waals surface area contributed by atoms with Gasteiger partial charge in [0, 0.05) is 19.9 Å². The summed E-state index contributed by atoms with van der Waals surface area (Å²) in [4.78, 5) is 30.4. The number of anilines is 3. The van der Waals surface area contributed by atoms with Gasteiger partial charge in [-0.3, -0.25) is 19.7 Å². The molecular weight excluding hydrogens is 388 g/mol. The van der Waals surface area contributed by atoms with Gasteiger partial charge in [-0.05, 0) is 18.2 Å². The number of benzene rings is 2. The maximum atomic E-state index is 13.2. The highest BCUT2D eigenvalue weighted by Gasteiger charge is 2.21. The molecule has 28 heavy (non-hydrogen) atoms. The highest BCUT2D eigenvalue weighted by Crippen LogP contribution is 2.27. The average Bonchev–Trinajstić information content (AvgIpc) is 2.58. The summed E-state index contributed by atoms with van der Waals surface area (Å²) in [7, 11) is 0. The topological polar surface area (TPSA) is 127 Å². The van der Waals surface area contributed by atoms with Crippen LogP contribution in [0, 0.1) is 33.4 Å². The van der Waals surface area contributed by atoms with Gasteiger partial charge in [-0.15, -0.1) is 0 Å². The van der Waals surface area contributed by atoms with Gasteiger partial charge in [-0.25, -0.2) is 13.2 Å². The van der Waals surface area contributed by atoms with Gasteiger partial charge in [0.1, 0.15) is 23.0 Å². The van der Waals surface area contributed by atoms with Crippen LogP contribution in [0.25, 0.3) is 0 Å². The standard InChI is InChI=1S/C8H6F2N2O3.C8H8F2N2O/c1-4(13)11-8-5(9)2-3-6(7(8)10)12(14)15;1-4(13)12-8-5(9)2-3-6(11)7(8)10/h2-3H,1H3,(H,11,13);2-3H,11H2,1H3,(H,12,13). The van der Waals surface area contributed by atoms with Crippen LogP contribution < -0.4 is 16.4 Å². The molecule has 0 bridgehead atoms. The quantitative estimate of drug-likeness (QED) is 0.314. The molecule has 0 heterocycles. The molecule has 2 amide bonds. The van der Waals surface area contributed by atoms with Crippen LogP contribution in [0.5, 0.6) is 0 Å². The Balaban J connectivity index is 0.000000283. The minimum atomic E-state index is -1.39. The Morgan fingerprint density at radius 1 is 0.893 bits per heavy atom. The molecule has 0 radical (unpaired) electrons. The molecule has 0 aliphatic rings. The Labute approximate surface area is 155 Å². The summed E-state index contributed by atoms with van der Waals surface area (Å²) in [6.07, 6.45) is 0. The molecule has 0 saturated carbocycles. The molecule has 0 aliphatic carbocycles. The Morgan fingerprint density at radius 3 is 1.75 bits per heavy atom. The second-order valence-corrected chi connectivity index (χ2v) is 5.20. The van der Waals surface area contributed by atoms with Crippen molar-refractivity contribution in [3.8, 4) is 0 Å². The monoisotopic (exact) mass is 402 g/mol. The Morgan fingerprint density at radius 2 is 1.32 bits per heavy atom. The van der Waals surface area contributed by atoms with Gasteiger partial charge in [0.2, 0.25) is 17.6 Å². The number of nitrogens with two attached hydrogens (primary N) is 1. The number of nitrogens with one attached hydrogen (secondary N) is 2. The number of nitro benzene ring substituents is 1. The highest BCUT2D eigenvalue weighted by atomic mass is 19.1. The predicted molar refractivity (Wildman–Crippen MR) is 92.4 cm³/mol. The van der Waals surface area contributed by atoms with Gasteiger partial charge in [-0.2, -0.15) is 4.39 Å². The first-order valence-corrected chi connectivity index (χ1v) is 7.36. The Hall–Kier alpha value is -3.70. The highest BCUT2D eigenvalue weighted by molar-refractivity contribution is 5.90. The molecule has 12 heteroatoms. The number of hydrogen-bond acceptors (Lipinski definition) is 5. The zero-order valence-electron chi connectivity index (χ0n) is 14.5. The van der Waals surface area contributed by atoms with E-state index in [4.69, 9.17) is 5.73 Å². The number of hydrogen-bond donors (Lipinski definition) is 3. The zero-order valence-corrected chi connectivity index (χ0v) is 14.5. The lowest BCUT2D eigenvalue weighted by molar-refractivity contribution is -0.387. The first-order valence-electron chi connectivity index (χ1n) is 7.36. The van der Waals surface area contributed by atoms with Crippen LogP contribution in [-0.2, 0) is 9.59 Å². The van der Waals surface area contributed by atoms with Crippen molar-refractivity contribution in [3.63, 3.8) is 0 Å². The van der Waals surface area contributed by atoms with Crippen LogP contribution in [0.15, 0.2) is 24.3 Å². The third-order valence-electron chi connectivity index (χ3n) is 2.99. The molecule has 0 aliphatic heterocycles. The van der Waals surface area contributed by atoms with E-state index in [1.54, 1.807) is 0 Å². The smallest absolute Gasteiger partial charge is 0.307 e. The molecule has 0 aromatic heterocycles. The van der Waals surface area contributed by atoms with Crippen LogP contribution in [0.1, 0.15) is 13.8 Å². The molecule has 0 saturated heterocycles. The number of nitrogens with zero attached hydrogens (tertiary/aromatic N) is 1. The van der Waals surface area contributed by atoms with Gasteiger partial charge in [0.05, 0.1) is 10.6 Å². The number of halogens is 4. The summed E-state index contributed by atoms with van der Waals surface area (Å²) < 4.78 is 52.1. The van der Waals surface area contributed by atoms with Crippen molar-refractivity contribution in [1.82, 2.24) is 0 Å². The van der Waals surface area contributed by atoms with Crippen LogP contribution >= 0.6 is 0 Å². The van der Waals surface area contributed by atoms with Crippen LogP contribution in [0.2, 0.25) is 0 Å². The lowest BCUT2D eigenvalue weighted by Crippen LogP contribution is -2.10. The van der Waals surface area contributed by atoms with Gasteiger partial charge >= 0.3 is 5.69 Å². The normalized spacial score (nSPS) is 9.79. The maximum Gasteiger partial charge on any atom is 0.307 e. The van der Waals surface area contributed by atoms with E-state index >= 15 is 0 Å². The SMILES string of the molecule is CC(=O)Nc1c(F)ccc(N)c1F.CC(=O)Nc1c(F)ccc([N+](=O)[O-])c1F. The third-order valence-corrected chi connectivity index (χ3v) is 2.99. The second-order valence-electron chi connectivity index (χ2n) is 5.20. The summed E-state index contributed by atoms with van der Waals surface area (Å²) in [5, 5.41) is 14.2. The molecule has 2 aromatic rings. The van der Waals surface area contributed by atoms with E-state index in [0.29, 0.717) is 12.1 Å². The van der Waals surface area contributed by atoms with Crippen molar-refractivity contribution in [3.05, 3.63) is 57.6 Å². The zero-order chi connectivity index (χ0) is 21.6. The van der Waals surface area contributed by atoms with E-state index in [2.05, 4.69) is 0 Å². The molecule has 0 unspecified atom stereocenters. The van der Waals surface area contributed by atoms with E-state index in [1.807, 2.05) is 10.6 Å². The van der Waals surface area contributed by atoms with E-state index in [1.165, 1.54) is 0 Å². The fraction of sp³-hybridized carbons (Fsp3) is 0.125. The number of carbonyl (C=O) groups excluding carboxylic acids is 2. The predicted octanol–water partition coefficient (Wildman–Crippen LogP) is 3.34. The summed E-state index contributed by atoms with van der Waals surface area (Å²) in [6.45, 7) is 2.19. The Bertz CT molecular complexity index is 937. The van der Waals surface area contributed by atoms with E-state index in [9.17, 15) is 37.3 Å². The first kappa shape index (κ1) is 22.3. The van der Waals surface area contributed by atoms with Gasteiger partial charge < -0.3 is 16.4 Å². The van der Waals surface area contributed by atoms with Gasteiger partial charge in [0.15, 0.2) is 5.82 Å². The van der Waals surface area contributed by atoms with Crippen molar-refractivity contribution >= 4 is 34.6 Å².